The van der Waals surface area contributed by atoms with Gasteiger partial charge in [0, 0.05) is 35.2 Å². The largest absolute Gasteiger partial charge is 0.497 e. The molecule has 1 heterocycles. The number of nitrogens with one attached hydrogen (secondary N) is 1. The average Bonchev–Trinajstić information content (AvgIpc) is 2.89. The Morgan fingerprint density at radius 1 is 1.16 bits per heavy atom. The van der Waals surface area contributed by atoms with Crippen LogP contribution in [0, 0.1) is 13.8 Å². The van der Waals surface area contributed by atoms with Crippen molar-refractivity contribution < 1.29 is 9.53 Å². The first-order valence-corrected chi connectivity index (χ1v) is 8.55. The van der Waals surface area contributed by atoms with Crippen LogP contribution in [0.2, 0.25) is 0 Å². The number of carbonyl (C=O) groups excluding carboxylic acids is 1. The van der Waals surface area contributed by atoms with Crippen molar-refractivity contribution in [1.82, 2.24) is 9.88 Å². The van der Waals surface area contributed by atoms with E-state index in [9.17, 15) is 4.79 Å². The number of benzene rings is 2. The number of carbonyl (C=O) groups is 1. The number of aromatic nitrogens is 1. The van der Waals surface area contributed by atoms with E-state index in [0.717, 1.165) is 23.2 Å². The van der Waals surface area contributed by atoms with Gasteiger partial charge in [0.05, 0.1) is 7.11 Å². The molecule has 0 saturated heterocycles. The van der Waals surface area contributed by atoms with Gasteiger partial charge in [0.15, 0.2) is 0 Å². The minimum atomic E-state index is -0.0639. The minimum Gasteiger partial charge on any atom is -0.497 e. The van der Waals surface area contributed by atoms with Gasteiger partial charge in [0.25, 0.3) is 5.91 Å². The lowest BCUT2D eigenvalue weighted by Gasteiger charge is -2.08. The number of hydrogen-bond donors (Lipinski definition) is 1. The monoisotopic (exact) mass is 336 g/mol. The Balaban J connectivity index is 1.81. The summed E-state index contributed by atoms with van der Waals surface area (Å²) in [6, 6.07) is 13.6. The maximum absolute atomic E-state index is 12.5. The lowest BCUT2D eigenvalue weighted by atomic mass is 10.1. The molecule has 2 aromatic carbocycles. The summed E-state index contributed by atoms with van der Waals surface area (Å²) in [5, 5.41) is 4.13. The number of methoxy groups -OCH3 is 1. The molecule has 0 spiro atoms. The van der Waals surface area contributed by atoms with Crippen LogP contribution in [-0.2, 0) is 13.1 Å². The molecule has 4 heteroatoms. The highest BCUT2D eigenvalue weighted by Crippen LogP contribution is 2.26. The third-order valence-electron chi connectivity index (χ3n) is 4.80. The Hall–Kier alpha value is -2.75. The summed E-state index contributed by atoms with van der Waals surface area (Å²) in [5.74, 6) is 0.728. The molecule has 1 N–H and O–H groups in total. The Bertz CT molecular complexity index is 925. The summed E-state index contributed by atoms with van der Waals surface area (Å²) in [6.45, 7) is 7.78. The van der Waals surface area contributed by atoms with E-state index >= 15 is 0 Å². The maximum Gasteiger partial charge on any atom is 0.251 e. The molecule has 0 atom stereocenters. The molecule has 1 aromatic heterocycles. The molecule has 0 unspecified atom stereocenters. The van der Waals surface area contributed by atoms with Gasteiger partial charge in [-0.2, -0.15) is 0 Å². The molecule has 1 amide bonds. The minimum absolute atomic E-state index is 0.0639. The molecule has 4 nitrogen and oxygen atoms in total. The third kappa shape index (κ3) is 3.25. The molecule has 3 rings (SSSR count). The van der Waals surface area contributed by atoms with E-state index in [1.165, 1.54) is 16.8 Å². The lowest BCUT2D eigenvalue weighted by molar-refractivity contribution is 0.0951. The fourth-order valence-corrected chi connectivity index (χ4v) is 3.27. The molecule has 0 aliphatic heterocycles. The zero-order valence-electron chi connectivity index (χ0n) is 15.2. The molecule has 130 valence electrons. The predicted octanol–water partition coefficient (Wildman–Crippen LogP) is 4.22. The highest BCUT2D eigenvalue weighted by atomic mass is 16.5. The molecule has 0 aliphatic carbocycles. The Labute approximate surface area is 148 Å². The molecular weight excluding hydrogens is 312 g/mol. The van der Waals surface area contributed by atoms with Gasteiger partial charge in [0.2, 0.25) is 0 Å². The van der Waals surface area contributed by atoms with Crippen LogP contribution < -0.4 is 10.1 Å². The maximum atomic E-state index is 12.5. The van der Waals surface area contributed by atoms with Gasteiger partial charge in [-0.3, -0.25) is 4.79 Å². The van der Waals surface area contributed by atoms with Gasteiger partial charge < -0.3 is 14.6 Å². The zero-order valence-corrected chi connectivity index (χ0v) is 15.2. The van der Waals surface area contributed by atoms with Gasteiger partial charge in [0.1, 0.15) is 5.75 Å². The van der Waals surface area contributed by atoms with E-state index in [0.29, 0.717) is 12.1 Å². The quantitative estimate of drug-likeness (QED) is 0.758. The van der Waals surface area contributed by atoms with Gasteiger partial charge >= 0.3 is 0 Å². The summed E-state index contributed by atoms with van der Waals surface area (Å²) >= 11 is 0. The second-order valence-corrected chi connectivity index (χ2v) is 6.22. The molecule has 0 radical (unpaired) electrons. The van der Waals surface area contributed by atoms with Gasteiger partial charge in [-0.05, 0) is 62.2 Å². The van der Waals surface area contributed by atoms with Crippen molar-refractivity contribution in [1.29, 1.82) is 0 Å². The van der Waals surface area contributed by atoms with Crippen LogP contribution in [0.1, 0.15) is 34.1 Å². The van der Waals surface area contributed by atoms with Crippen LogP contribution in [0.25, 0.3) is 10.9 Å². The normalized spacial score (nSPS) is 10.9. The van der Waals surface area contributed by atoms with Crippen LogP contribution in [-0.4, -0.2) is 17.6 Å². The predicted molar refractivity (Wildman–Crippen MR) is 101 cm³/mol. The third-order valence-corrected chi connectivity index (χ3v) is 4.80. The molecule has 25 heavy (non-hydrogen) atoms. The zero-order chi connectivity index (χ0) is 18.0. The van der Waals surface area contributed by atoms with Crippen LogP contribution in [0.3, 0.4) is 0 Å². The topological polar surface area (TPSA) is 43.3 Å². The lowest BCUT2D eigenvalue weighted by Crippen LogP contribution is -2.22. The number of fused-ring (bicyclic) bond motifs is 1. The van der Waals surface area contributed by atoms with Crippen LogP contribution in [0.4, 0.5) is 0 Å². The molecule has 0 aliphatic rings. The summed E-state index contributed by atoms with van der Waals surface area (Å²) in [6.07, 6.45) is 0. The standard InChI is InChI=1S/C21H24N2O2/c1-5-23-15(3)14(2)19-12-17(9-10-20(19)23)21(24)22-13-16-7-6-8-18(11-16)25-4/h6-12H,5,13H2,1-4H3,(H,22,24). The smallest absolute Gasteiger partial charge is 0.251 e. The van der Waals surface area contributed by atoms with E-state index in [1.54, 1.807) is 7.11 Å². The Morgan fingerprint density at radius 3 is 2.68 bits per heavy atom. The Morgan fingerprint density at radius 2 is 1.96 bits per heavy atom. The van der Waals surface area contributed by atoms with Crippen molar-refractivity contribution in [2.75, 3.05) is 7.11 Å². The average molecular weight is 336 g/mol. The van der Waals surface area contributed by atoms with Crippen molar-refractivity contribution in [3.63, 3.8) is 0 Å². The first kappa shape index (κ1) is 17.1. The molecule has 0 fully saturated rings. The van der Waals surface area contributed by atoms with Crippen molar-refractivity contribution >= 4 is 16.8 Å². The first-order valence-electron chi connectivity index (χ1n) is 8.55. The van der Waals surface area contributed by atoms with E-state index in [-0.39, 0.29) is 5.91 Å². The number of amides is 1. The second kappa shape index (κ2) is 7.01. The highest BCUT2D eigenvalue weighted by molar-refractivity contribution is 5.99. The molecular formula is C21H24N2O2. The number of nitrogens with zero attached hydrogens (tertiary/aromatic N) is 1. The van der Waals surface area contributed by atoms with E-state index in [4.69, 9.17) is 4.74 Å². The van der Waals surface area contributed by atoms with E-state index < -0.39 is 0 Å². The fraction of sp³-hybridized carbons (Fsp3) is 0.286. The molecule has 3 aromatic rings. The van der Waals surface area contributed by atoms with E-state index in [2.05, 4.69) is 30.7 Å². The van der Waals surface area contributed by atoms with Crippen LogP contribution >= 0.6 is 0 Å². The van der Waals surface area contributed by atoms with Crippen LogP contribution in [0.5, 0.6) is 5.75 Å². The van der Waals surface area contributed by atoms with Gasteiger partial charge in [-0.15, -0.1) is 0 Å². The number of aryl methyl sites for hydroxylation is 2. The van der Waals surface area contributed by atoms with Crippen molar-refractivity contribution in [2.45, 2.75) is 33.9 Å². The number of ether oxygens (including phenoxy) is 1. The molecule has 0 saturated carbocycles. The first-order chi connectivity index (χ1) is 12.0. The van der Waals surface area contributed by atoms with Crippen LogP contribution in [0.15, 0.2) is 42.5 Å². The fourth-order valence-electron chi connectivity index (χ4n) is 3.27. The summed E-state index contributed by atoms with van der Waals surface area (Å²) < 4.78 is 7.50. The van der Waals surface area contributed by atoms with Crippen molar-refractivity contribution in [3.05, 3.63) is 64.8 Å². The number of hydrogen-bond acceptors (Lipinski definition) is 2. The summed E-state index contributed by atoms with van der Waals surface area (Å²) in [5.41, 5.74) is 5.37. The van der Waals surface area contributed by atoms with E-state index in [1.807, 2.05) is 42.5 Å². The summed E-state index contributed by atoms with van der Waals surface area (Å²) in [7, 11) is 1.64. The van der Waals surface area contributed by atoms with Gasteiger partial charge in [-0.1, -0.05) is 12.1 Å². The SMILES string of the molecule is CCn1c(C)c(C)c2cc(C(=O)NCc3cccc(OC)c3)ccc21. The summed E-state index contributed by atoms with van der Waals surface area (Å²) in [4.78, 5) is 12.5. The van der Waals surface area contributed by atoms with Gasteiger partial charge in [-0.25, -0.2) is 0 Å². The van der Waals surface area contributed by atoms with Crippen molar-refractivity contribution in [2.24, 2.45) is 0 Å². The highest BCUT2D eigenvalue weighted by Gasteiger charge is 2.13. The number of rotatable bonds is 5. The van der Waals surface area contributed by atoms with Crippen molar-refractivity contribution in [3.8, 4) is 5.75 Å². The molecule has 0 bridgehead atoms. The second-order valence-electron chi connectivity index (χ2n) is 6.22. The Kier molecular flexibility index (Phi) is 4.79.